The van der Waals surface area contributed by atoms with Crippen molar-refractivity contribution in [3.63, 3.8) is 0 Å². The minimum atomic E-state index is -1.01. The zero-order valence-electron chi connectivity index (χ0n) is 18.2. The van der Waals surface area contributed by atoms with Crippen LogP contribution in [0.1, 0.15) is 31.9 Å². The standard InChI is InChI=1S/C22H29F2N5O2/c1-13(2)29(4)14(3)21(30)28-19(10-15-5-7-17(23)18(24)9-15)22(31)27-12-16-6-8-20(25)26-11-16/h5-9,11,13-14,19H,10,12H2,1-4H3,(H2,25,26)(H,27,31)(H,28,30)/t14?,19-/m0/s1. The number of carbonyl (C=O) groups excluding carboxylic acids is 2. The first kappa shape index (κ1) is 24.2. The number of halogens is 2. The molecule has 0 fully saturated rings. The predicted octanol–water partition coefficient (Wildman–Crippen LogP) is 2.01. The monoisotopic (exact) mass is 433 g/mol. The molecule has 0 radical (unpaired) electrons. The molecule has 0 aliphatic rings. The zero-order chi connectivity index (χ0) is 23.1. The molecule has 1 unspecified atom stereocenters. The van der Waals surface area contributed by atoms with Gasteiger partial charge in [0.1, 0.15) is 11.9 Å². The Balaban J connectivity index is 2.15. The van der Waals surface area contributed by atoms with Crippen molar-refractivity contribution in [2.24, 2.45) is 0 Å². The third kappa shape index (κ3) is 6.99. The Hall–Kier alpha value is -3.07. The molecule has 2 aromatic rings. The van der Waals surface area contributed by atoms with Gasteiger partial charge < -0.3 is 16.4 Å². The molecule has 1 aromatic carbocycles. The number of likely N-dealkylation sites (N-methyl/N-ethyl adjacent to an activating group) is 1. The summed E-state index contributed by atoms with van der Waals surface area (Å²) in [6.07, 6.45) is 1.55. The van der Waals surface area contributed by atoms with E-state index in [1.807, 2.05) is 25.8 Å². The highest BCUT2D eigenvalue weighted by Gasteiger charge is 2.26. The van der Waals surface area contributed by atoms with Crippen molar-refractivity contribution in [1.29, 1.82) is 0 Å². The molecule has 1 heterocycles. The van der Waals surface area contributed by atoms with Crippen LogP contribution in [0, 0.1) is 11.6 Å². The maximum absolute atomic E-state index is 13.6. The van der Waals surface area contributed by atoms with E-state index in [-0.39, 0.29) is 24.9 Å². The summed E-state index contributed by atoms with van der Waals surface area (Å²) in [5.41, 5.74) is 6.68. The molecule has 0 aliphatic carbocycles. The lowest BCUT2D eigenvalue weighted by Gasteiger charge is -2.29. The highest BCUT2D eigenvalue weighted by atomic mass is 19.2. The molecule has 4 N–H and O–H groups in total. The highest BCUT2D eigenvalue weighted by molar-refractivity contribution is 5.89. The van der Waals surface area contributed by atoms with E-state index in [1.54, 1.807) is 19.1 Å². The van der Waals surface area contributed by atoms with Gasteiger partial charge in [-0.3, -0.25) is 14.5 Å². The number of benzene rings is 1. The van der Waals surface area contributed by atoms with Crippen LogP contribution in [-0.4, -0.2) is 46.9 Å². The Kier molecular flexibility index (Phi) is 8.44. The van der Waals surface area contributed by atoms with Crippen LogP contribution >= 0.6 is 0 Å². The van der Waals surface area contributed by atoms with E-state index in [0.717, 1.165) is 17.7 Å². The zero-order valence-corrected chi connectivity index (χ0v) is 18.2. The maximum Gasteiger partial charge on any atom is 0.243 e. The van der Waals surface area contributed by atoms with Crippen LogP contribution in [0.3, 0.4) is 0 Å². The first-order chi connectivity index (χ1) is 14.6. The molecule has 0 saturated heterocycles. The molecule has 0 spiro atoms. The predicted molar refractivity (Wildman–Crippen MR) is 115 cm³/mol. The van der Waals surface area contributed by atoms with Gasteiger partial charge in [-0.05, 0) is 57.1 Å². The van der Waals surface area contributed by atoms with Gasteiger partial charge in [-0.15, -0.1) is 0 Å². The molecule has 168 valence electrons. The number of pyridine rings is 1. The van der Waals surface area contributed by atoms with Crippen LogP contribution < -0.4 is 16.4 Å². The van der Waals surface area contributed by atoms with Crippen LogP contribution in [0.25, 0.3) is 0 Å². The summed E-state index contributed by atoms with van der Waals surface area (Å²) in [4.78, 5) is 31.4. The van der Waals surface area contributed by atoms with Crippen LogP contribution in [-0.2, 0) is 22.6 Å². The van der Waals surface area contributed by atoms with Crippen molar-refractivity contribution in [3.8, 4) is 0 Å². The molecule has 2 rings (SSSR count). The molecular formula is C22H29F2N5O2. The second kappa shape index (κ2) is 10.8. The molecule has 7 nitrogen and oxygen atoms in total. The molecule has 2 atom stereocenters. The second-order valence-electron chi connectivity index (χ2n) is 7.76. The molecule has 0 aliphatic heterocycles. The van der Waals surface area contributed by atoms with Crippen molar-refractivity contribution in [2.75, 3.05) is 12.8 Å². The third-order valence-electron chi connectivity index (χ3n) is 5.18. The van der Waals surface area contributed by atoms with Gasteiger partial charge in [0.25, 0.3) is 0 Å². The second-order valence-corrected chi connectivity index (χ2v) is 7.76. The molecule has 1 aromatic heterocycles. The minimum absolute atomic E-state index is 0.00682. The fourth-order valence-corrected chi connectivity index (χ4v) is 2.89. The molecule has 0 bridgehead atoms. The van der Waals surface area contributed by atoms with E-state index in [9.17, 15) is 18.4 Å². The Labute approximate surface area is 181 Å². The number of carbonyl (C=O) groups is 2. The number of anilines is 1. The van der Waals surface area contributed by atoms with Gasteiger partial charge in [0, 0.05) is 25.2 Å². The average Bonchev–Trinajstić information content (AvgIpc) is 2.73. The van der Waals surface area contributed by atoms with Crippen molar-refractivity contribution < 1.29 is 18.4 Å². The summed E-state index contributed by atoms with van der Waals surface area (Å²) < 4.78 is 26.9. The van der Waals surface area contributed by atoms with Crippen molar-refractivity contribution in [1.82, 2.24) is 20.5 Å². The number of amides is 2. The summed E-state index contributed by atoms with van der Waals surface area (Å²) in [5.74, 6) is -2.41. The van der Waals surface area contributed by atoms with Gasteiger partial charge in [0.2, 0.25) is 11.8 Å². The number of rotatable bonds is 9. The summed E-state index contributed by atoms with van der Waals surface area (Å²) in [6, 6.07) is 5.42. The normalized spacial score (nSPS) is 13.2. The fourth-order valence-electron chi connectivity index (χ4n) is 2.89. The van der Waals surface area contributed by atoms with E-state index in [4.69, 9.17) is 5.73 Å². The van der Waals surface area contributed by atoms with Crippen LogP contribution in [0.15, 0.2) is 36.5 Å². The van der Waals surface area contributed by atoms with Gasteiger partial charge in [-0.1, -0.05) is 12.1 Å². The first-order valence-corrected chi connectivity index (χ1v) is 10.0. The minimum Gasteiger partial charge on any atom is -0.384 e. The highest BCUT2D eigenvalue weighted by Crippen LogP contribution is 2.12. The molecular weight excluding hydrogens is 404 g/mol. The van der Waals surface area contributed by atoms with Crippen LogP contribution in [0.4, 0.5) is 14.6 Å². The quantitative estimate of drug-likeness (QED) is 0.562. The SMILES string of the molecule is CC(C)N(C)C(C)C(=O)N[C@@H](Cc1ccc(F)c(F)c1)C(=O)NCc1ccc(N)nc1. The lowest BCUT2D eigenvalue weighted by Crippen LogP contribution is -2.53. The number of nitrogen functional groups attached to an aromatic ring is 1. The van der Waals surface area contributed by atoms with Gasteiger partial charge in [-0.25, -0.2) is 13.8 Å². The summed E-state index contributed by atoms with van der Waals surface area (Å²) >= 11 is 0. The lowest BCUT2D eigenvalue weighted by molar-refractivity contribution is -0.131. The van der Waals surface area contributed by atoms with Gasteiger partial charge in [-0.2, -0.15) is 0 Å². The number of hydrogen-bond donors (Lipinski definition) is 3. The first-order valence-electron chi connectivity index (χ1n) is 10.0. The van der Waals surface area contributed by atoms with E-state index >= 15 is 0 Å². The van der Waals surface area contributed by atoms with E-state index in [2.05, 4.69) is 15.6 Å². The molecule has 9 heteroatoms. The average molecular weight is 434 g/mol. The van der Waals surface area contributed by atoms with Crippen molar-refractivity contribution in [3.05, 3.63) is 59.3 Å². The van der Waals surface area contributed by atoms with E-state index in [1.165, 1.54) is 12.3 Å². The van der Waals surface area contributed by atoms with Crippen molar-refractivity contribution >= 4 is 17.6 Å². The smallest absolute Gasteiger partial charge is 0.243 e. The number of aromatic nitrogens is 1. The number of nitrogens with zero attached hydrogens (tertiary/aromatic N) is 2. The summed E-state index contributed by atoms with van der Waals surface area (Å²) in [5, 5.41) is 5.48. The Bertz CT molecular complexity index is 905. The topological polar surface area (TPSA) is 100 Å². The Morgan fingerprint density at radius 2 is 1.74 bits per heavy atom. The Morgan fingerprint density at radius 3 is 2.32 bits per heavy atom. The third-order valence-corrected chi connectivity index (χ3v) is 5.18. The van der Waals surface area contributed by atoms with Crippen LogP contribution in [0.2, 0.25) is 0 Å². The van der Waals surface area contributed by atoms with Gasteiger partial charge in [0.05, 0.1) is 6.04 Å². The van der Waals surface area contributed by atoms with E-state index in [0.29, 0.717) is 11.4 Å². The lowest BCUT2D eigenvalue weighted by atomic mass is 10.0. The fraction of sp³-hybridized carbons (Fsp3) is 0.409. The van der Waals surface area contributed by atoms with Crippen molar-refractivity contribution in [2.45, 2.75) is 51.9 Å². The number of nitrogens with two attached hydrogens (primary N) is 1. The number of nitrogens with one attached hydrogen (secondary N) is 2. The summed E-state index contributed by atoms with van der Waals surface area (Å²) in [7, 11) is 1.81. The summed E-state index contributed by atoms with van der Waals surface area (Å²) in [6.45, 7) is 5.82. The largest absolute Gasteiger partial charge is 0.384 e. The number of hydrogen-bond acceptors (Lipinski definition) is 5. The Morgan fingerprint density at radius 1 is 1.06 bits per heavy atom. The van der Waals surface area contributed by atoms with Crippen LogP contribution in [0.5, 0.6) is 0 Å². The maximum atomic E-state index is 13.6. The molecule has 0 saturated carbocycles. The molecule has 2 amide bonds. The van der Waals surface area contributed by atoms with Gasteiger partial charge >= 0.3 is 0 Å². The molecule has 31 heavy (non-hydrogen) atoms. The van der Waals surface area contributed by atoms with Gasteiger partial charge in [0.15, 0.2) is 11.6 Å². The van der Waals surface area contributed by atoms with E-state index < -0.39 is 29.6 Å².